The first-order chi connectivity index (χ1) is 9.25. The highest BCUT2D eigenvalue weighted by Crippen LogP contribution is 2.13. The fourth-order valence-electron chi connectivity index (χ4n) is 2.38. The normalized spacial score (nSPS) is 14.0. The van der Waals surface area contributed by atoms with Gasteiger partial charge in [0.1, 0.15) is 0 Å². The van der Waals surface area contributed by atoms with E-state index in [0.29, 0.717) is 12.1 Å². The van der Waals surface area contributed by atoms with Crippen LogP contribution in [0.5, 0.6) is 0 Å². The molecule has 0 bridgehead atoms. The summed E-state index contributed by atoms with van der Waals surface area (Å²) in [5.41, 5.74) is 2.78. The van der Waals surface area contributed by atoms with E-state index < -0.39 is 0 Å². The first kappa shape index (κ1) is 13.8. The third-order valence-electron chi connectivity index (χ3n) is 3.54. The van der Waals surface area contributed by atoms with Gasteiger partial charge >= 0.3 is 0 Å². The van der Waals surface area contributed by atoms with E-state index >= 15 is 0 Å². The lowest BCUT2D eigenvalue weighted by atomic mass is 10.0. The van der Waals surface area contributed by atoms with Crippen molar-refractivity contribution in [1.82, 2.24) is 5.32 Å². The molecule has 0 saturated heterocycles. The Bertz CT molecular complexity index is 464. The maximum atomic E-state index is 3.67. The van der Waals surface area contributed by atoms with Gasteiger partial charge in [-0.2, -0.15) is 0 Å². The molecule has 19 heavy (non-hydrogen) atoms. The molecule has 2 aromatic carbocycles. The Balaban J connectivity index is 1.80. The average Bonchev–Trinajstić information content (AvgIpc) is 2.47. The van der Waals surface area contributed by atoms with E-state index in [4.69, 9.17) is 0 Å². The van der Waals surface area contributed by atoms with E-state index in [9.17, 15) is 0 Å². The molecule has 2 aromatic rings. The van der Waals surface area contributed by atoms with Gasteiger partial charge in [0.05, 0.1) is 0 Å². The minimum Gasteiger partial charge on any atom is -0.308 e. The van der Waals surface area contributed by atoms with Crippen LogP contribution >= 0.6 is 0 Å². The third kappa shape index (κ3) is 4.53. The topological polar surface area (TPSA) is 12.0 Å². The van der Waals surface area contributed by atoms with Crippen molar-refractivity contribution in [3.63, 3.8) is 0 Å². The summed E-state index contributed by atoms with van der Waals surface area (Å²) in [5.74, 6) is 0. The van der Waals surface area contributed by atoms with Crippen molar-refractivity contribution in [1.29, 1.82) is 0 Å². The van der Waals surface area contributed by atoms with E-state index in [1.807, 2.05) is 0 Å². The first-order valence-electron chi connectivity index (χ1n) is 7.10. The van der Waals surface area contributed by atoms with Crippen LogP contribution in [0, 0.1) is 0 Å². The highest BCUT2D eigenvalue weighted by atomic mass is 14.9. The maximum absolute atomic E-state index is 3.67. The van der Waals surface area contributed by atoms with Gasteiger partial charge in [-0.25, -0.2) is 0 Å². The molecule has 1 unspecified atom stereocenters. The quantitative estimate of drug-likeness (QED) is 0.806. The molecule has 1 N–H and O–H groups in total. The van der Waals surface area contributed by atoms with Crippen LogP contribution in [0.3, 0.4) is 0 Å². The molecule has 0 heterocycles. The molecule has 1 heteroatoms. The van der Waals surface area contributed by atoms with Crippen molar-refractivity contribution < 1.29 is 0 Å². The van der Waals surface area contributed by atoms with E-state index in [1.54, 1.807) is 0 Å². The predicted molar refractivity (Wildman–Crippen MR) is 82.2 cm³/mol. The molecule has 0 fully saturated rings. The Labute approximate surface area is 116 Å². The Morgan fingerprint density at radius 2 is 1.42 bits per heavy atom. The van der Waals surface area contributed by atoms with Gasteiger partial charge in [0.2, 0.25) is 0 Å². The molecule has 0 aliphatic rings. The summed E-state index contributed by atoms with van der Waals surface area (Å²) >= 11 is 0. The number of benzene rings is 2. The average molecular weight is 253 g/mol. The molecule has 0 spiro atoms. The van der Waals surface area contributed by atoms with Crippen LogP contribution in [0.2, 0.25) is 0 Å². The second-order valence-corrected chi connectivity index (χ2v) is 5.22. The lowest BCUT2D eigenvalue weighted by Crippen LogP contribution is -2.29. The summed E-state index contributed by atoms with van der Waals surface area (Å²) in [6.45, 7) is 4.50. The predicted octanol–water partition coefficient (Wildman–Crippen LogP) is 4.36. The molecule has 0 aliphatic heterocycles. The van der Waals surface area contributed by atoms with Crippen molar-refractivity contribution in [3.05, 3.63) is 71.8 Å². The monoisotopic (exact) mass is 253 g/mol. The summed E-state index contributed by atoms with van der Waals surface area (Å²) in [6, 6.07) is 22.3. The molecule has 2 rings (SSSR count). The highest BCUT2D eigenvalue weighted by Gasteiger charge is 2.08. The summed E-state index contributed by atoms with van der Waals surface area (Å²) < 4.78 is 0. The first-order valence-corrected chi connectivity index (χ1v) is 7.10. The zero-order valence-electron chi connectivity index (χ0n) is 11.8. The van der Waals surface area contributed by atoms with Crippen molar-refractivity contribution in [2.24, 2.45) is 0 Å². The second-order valence-electron chi connectivity index (χ2n) is 5.22. The second kappa shape index (κ2) is 7.10. The SMILES string of the molecule is CC(CCc1ccccc1)N[C@@H](C)c1ccccc1. The molecule has 0 aromatic heterocycles. The van der Waals surface area contributed by atoms with Gasteiger partial charge in [0.25, 0.3) is 0 Å². The molecule has 0 saturated carbocycles. The van der Waals surface area contributed by atoms with Gasteiger partial charge < -0.3 is 5.32 Å². The molecular weight excluding hydrogens is 230 g/mol. The van der Waals surface area contributed by atoms with Crippen LogP contribution in [-0.2, 0) is 6.42 Å². The largest absolute Gasteiger partial charge is 0.308 e. The van der Waals surface area contributed by atoms with Gasteiger partial charge in [-0.15, -0.1) is 0 Å². The minimum absolute atomic E-state index is 0.409. The Kier molecular flexibility index (Phi) is 5.17. The molecular formula is C18H23N. The molecule has 1 nitrogen and oxygen atoms in total. The Hall–Kier alpha value is -1.60. The summed E-state index contributed by atoms with van der Waals surface area (Å²) in [6.07, 6.45) is 2.30. The van der Waals surface area contributed by atoms with Gasteiger partial charge in [0, 0.05) is 12.1 Å². The zero-order valence-corrected chi connectivity index (χ0v) is 11.8. The molecule has 100 valence electrons. The van der Waals surface area contributed by atoms with E-state index in [-0.39, 0.29) is 0 Å². The van der Waals surface area contributed by atoms with E-state index in [1.165, 1.54) is 17.5 Å². The zero-order chi connectivity index (χ0) is 13.5. The third-order valence-corrected chi connectivity index (χ3v) is 3.54. The van der Waals surface area contributed by atoms with Crippen LogP contribution in [0.1, 0.15) is 37.4 Å². The lowest BCUT2D eigenvalue weighted by Gasteiger charge is -2.20. The van der Waals surface area contributed by atoms with E-state index in [0.717, 1.165) is 6.42 Å². The van der Waals surface area contributed by atoms with Crippen molar-refractivity contribution in [2.45, 2.75) is 38.8 Å². The number of hydrogen-bond acceptors (Lipinski definition) is 1. The Morgan fingerprint density at radius 3 is 2.05 bits per heavy atom. The fraction of sp³-hybridized carbons (Fsp3) is 0.333. The number of nitrogens with one attached hydrogen (secondary N) is 1. The van der Waals surface area contributed by atoms with Gasteiger partial charge in [0.15, 0.2) is 0 Å². The molecule has 2 atom stereocenters. The summed E-state index contributed by atoms with van der Waals surface area (Å²) in [7, 11) is 0. The van der Waals surface area contributed by atoms with Gasteiger partial charge in [-0.1, -0.05) is 60.7 Å². The Morgan fingerprint density at radius 1 is 0.842 bits per heavy atom. The van der Waals surface area contributed by atoms with Gasteiger partial charge in [-0.05, 0) is 37.8 Å². The standard InChI is InChI=1S/C18H23N/c1-15(13-14-17-9-5-3-6-10-17)19-16(2)18-11-7-4-8-12-18/h3-12,15-16,19H,13-14H2,1-2H3/t15?,16-/m0/s1. The van der Waals surface area contributed by atoms with E-state index in [2.05, 4.69) is 79.8 Å². The van der Waals surface area contributed by atoms with Crippen LogP contribution < -0.4 is 5.32 Å². The molecule has 0 amide bonds. The van der Waals surface area contributed by atoms with Gasteiger partial charge in [-0.3, -0.25) is 0 Å². The van der Waals surface area contributed by atoms with Crippen LogP contribution in [0.4, 0.5) is 0 Å². The lowest BCUT2D eigenvalue weighted by molar-refractivity contribution is 0.456. The molecule has 0 radical (unpaired) electrons. The number of hydrogen-bond donors (Lipinski definition) is 1. The number of rotatable bonds is 6. The van der Waals surface area contributed by atoms with Crippen molar-refractivity contribution >= 4 is 0 Å². The minimum atomic E-state index is 0.409. The highest BCUT2D eigenvalue weighted by molar-refractivity contribution is 5.18. The fourth-order valence-corrected chi connectivity index (χ4v) is 2.38. The molecule has 0 aliphatic carbocycles. The van der Waals surface area contributed by atoms with Crippen LogP contribution in [0.15, 0.2) is 60.7 Å². The summed E-state index contributed by atoms with van der Waals surface area (Å²) in [5, 5.41) is 3.67. The smallest absolute Gasteiger partial charge is 0.0294 e. The van der Waals surface area contributed by atoms with Crippen molar-refractivity contribution in [2.75, 3.05) is 0 Å². The van der Waals surface area contributed by atoms with Crippen molar-refractivity contribution in [3.8, 4) is 0 Å². The number of aryl methyl sites for hydroxylation is 1. The van der Waals surface area contributed by atoms with Crippen LogP contribution in [-0.4, -0.2) is 6.04 Å². The van der Waals surface area contributed by atoms with Crippen LogP contribution in [0.25, 0.3) is 0 Å². The summed E-state index contributed by atoms with van der Waals surface area (Å²) in [4.78, 5) is 0. The maximum Gasteiger partial charge on any atom is 0.0294 e.